The van der Waals surface area contributed by atoms with Gasteiger partial charge in [0, 0.05) is 41.0 Å². The molecule has 1 aliphatic rings. The van der Waals surface area contributed by atoms with Crippen LogP contribution < -0.4 is 4.90 Å². The van der Waals surface area contributed by atoms with Crippen LogP contribution >= 0.6 is 35.3 Å². The number of benzene rings is 1. The van der Waals surface area contributed by atoms with Crippen LogP contribution in [0, 0.1) is 0 Å². The predicted octanol–water partition coefficient (Wildman–Crippen LogP) is 3.96. The highest BCUT2D eigenvalue weighted by molar-refractivity contribution is 8.03. The number of likely N-dealkylation sites (N-methyl/N-ethyl adjacent to an activating group) is 1. The minimum Gasteiger partial charge on any atom is -0.395 e. The van der Waals surface area contributed by atoms with Gasteiger partial charge in [-0.2, -0.15) is 0 Å². The van der Waals surface area contributed by atoms with Crippen molar-refractivity contribution in [3.8, 4) is 10.4 Å². The summed E-state index contributed by atoms with van der Waals surface area (Å²) in [6, 6.07) is 8.54. The summed E-state index contributed by atoms with van der Waals surface area (Å²) >= 11 is 8.00. The number of carbonyl (C=O) groups is 1. The molecule has 8 heteroatoms. The number of hydrogen-bond donors (Lipinski definition) is 2. The molecular formula is C23H28N2O3S3. The molecular weight excluding hydrogens is 448 g/mol. The van der Waals surface area contributed by atoms with Crippen molar-refractivity contribution in [3.63, 3.8) is 0 Å². The van der Waals surface area contributed by atoms with E-state index in [-0.39, 0.29) is 24.5 Å². The van der Waals surface area contributed by atoms with Crippen molar-refractivity contribution in [1.82, 2.24) is 4.90 Å². The fourth-order valence-electron chi connectivity index (χ4n) is 3.90. The van der Waals surface area contributed by atoms with E-state index < -0.39 is 0 Å². The van der Waals surface area contributed by atoms with Crippen molar-refractivity contribution in [2.75, 3.05) is 44.5 Å². The molecule has 31 heavy (non-hydrogen) atoms. The first-order chi connectivity index (χ1) is 14.8. The van der Waals surface area contributed by atoms with Gasteiger partial charge in [-0.15, -0.1) is 23.1 Å². The van der Waals surface area contributed by atoms with E-state index in [2.05, 4.69) is 38.1 Å². The SMILES string of the molecule is CS/C(=C\c1cc2c(s1)-c1ccc(N(CCO)CCO)cc1C2(C)C)C(=O)N(C)C=S. The van der Waals surface area contributed by atoms with Crippen LogP contribution in [0.2, 0.25) is 0 Å². The normalized spacial score (nSPS) is 14.2. The number of thioether (sulfide) groups is 1. The van der Waals surface area contributed by atoms with Crippen molar-refractivity contribution in [2.24, 2.45) is 0 Å². The lowest BCUT2D eigenvalue weighted by atomic mass is 9.82. The van der Waals surface area contributed by atoms with Crippen LogP contribution in [0.15, 0.2) is 29.2 Å². The first kappa shape index (κ1) is 23.9. The summed E-state index contributed by atoms with van der Waals surface area (Å²) in [7, 11) is 1.67. The number of anilines is 1. The summed E-state index contributed by atoms with van der Waals surface area (Å²) < 4.78 is 0. The molecule has 0 saturated heterocycles. The summed E-state index contributed by atoms with van der Waals surface area (Å²) in [5.41, 5.74) is 5.88. The van der Waals surface area contributed by atoms with E-state index in [1.807, 2.05) is 17.2 Å². The molecule has 0 bridgehead atoms. The van der Waals surface area contributed by atoms with Crippen molar-refractivity contribution >= 4 is 58.5 Å². The number of aliphatic hydroxyl groups is 2. The van der Waals surface area contributed by atoms with Crippen LogP contribution in [0.5, 0.6) is 0 Å². The zero-order valence-electron chi connectivity index (χ0n) is 18.2. The van der Waals surface area contributed by atoms with Crippen LogP contribution in [-0.4, -0.2) is 66.1 Å². The lowest BCUT2D eigenvalue weighted by Gasteiger charge is -2.26. The molecule has 0 fully saturated rings. The van der Waals surface area contributed by atoms with Gasteiger partial charge < -0.3 is 20.0 Å². The highest BCUT2D eigenvalue weighted by Crippen LogP contribution is 2.53. The van der Waals surface area contributed by atoms with Gasteiger partial charge in [-0.3, -0.25) is 4.79 Å². The molecule has 2 aromatic rings. The standard InChI is InChI=1S/C23H28N2O3S3/c1-23(2)18-11-15(25(7-9-26)8-10-27)5-6-17(18)21-19(23)12-16(31-21)13-20(30-4)22(28)24(3)14-29/h5-6,11-14,26-27H,7-10H2,1-4H3/b20-13-. The third-order valence-corrected chi connectivity index (χ3v) is 7.80. The van der Waals surface area contributed by atoms with E-state index in [1.165, 1.54) is 43.7 Å². The third kappa shape index (κ3) is 4.59. The van der Waals surface area contributed by atoms with E-state index in [4.69, 9.17) is 12.2 Å². The molecule has 1 heterocycles. The Kier molecular flexibility index (Phi) is 7.59. The maximum absolute atomic E-state index is 12.5. The van der Waals surface area contributed by atoms with Gasteiger partial charge in [0.2, 0.25) is 0 Å². The van der Waals surface area contributed by atoms with Crippen molar-refractivity contribution < 1.29 is 15.0 Å². The second-order valence-corrected chi connectivity index (χ2v) is 10.1. The lowest BCUT2D eigenvalue weighted by Crippen LogP contribution is -2.30. The zero-order valence-corrected chi connectivity index (χ0v) is 20.7. The minimum absolute atomic E-state index is 0.0401. The molecule has 2 N–H and O–H groups in total. The maximum Gasteiger partial charge on any atom is 0.264 e. The summed E-state index contributed by atoms with van der Waals surface area (Å²) in [6.07, 6.45) is 3.84. The second-order valence-electron chi connectivity index (χ2n) is 7.91. The van der Waals surface area contributed by atoms with Gasteiger partial charge in [-0.05, 0) is 47.2 Å². The Hall–Kier alpha value is -1.71. The van der Waals surface area contributed by atoms with Gasteiger partial charge in [0.1, 0.15) is 0 Å². The van der Waals surface area contributed by atoms with Gasteiger partial charge in [0.05, 0.1) is 23.6 Å². The number of thiocarbonyl (C=S) groups is 1. The lowest BCUT2D eigenvalue weighted by molar-refractivity contribution is -0.121. The van der Waals surface area contributed by atoms with Gasteiger partial charge in [-0.1, -0.05) is 32.1 Å². The Morgan fingerprint density at radius 3 is 2.45 bits per heavy atom. The summed E-state index contributed by atoms with van der Waals surface area (Å²) in [5, 5.41) is 18.8. The molecule has 0 spiro atoms. The molecule has 1 aromatic carbocycles. The molecule has 1 aromatic heterocycles. The van der Waals surface area contributed by atoms with Gasteiger partial charge in [0.15, 0.2) is 0 Å². The number of fused-ring (bicyclic) bond motifs is 3. The van der Waals surface area contributed by atoms with Gasteiger partial charge in [-0.25, -0.2) is 0 Å². The van der Waals surface area contributed by atoms with E-state index in [1.54, 1.807) is 18.4 Å². The monoisotopic (exact) mass is 476 g/mol. The predicted molar refractivity (Wildman–Crippen MR) is 136 cm³/mol. The Morgan fingerprint density at radius 2 is 1.87 bits per heavy atom. The van der Waals surface area contributed by atoms with E-state index in [0.29, 0.717) is 18.0 Å². The summed E-state index contributed by atoms with van der Waals surface area (Å²) in [5.74, 6) is -0.104. The fraction of sp³-hybridized carbons (Fsp3) is 0.391. The molecule has 1 amide bonds. The first-order valence-electron chi connectivity index (χ1n) is 10.0. The molecule has 0 radical (unpaired) electrons. The Labute approximate surface area is 197 Å². The molecule has 0 aliphatic heterocycles. The van der Waals surface area contributed by atoms with Crippen LogP contribution in [0.4, 0.5) is 5.69 Å². The number of nitrogens with zero attached hydrogens (tertiary/aromatic N) is 2. The zero-order chi connectivity index (χ0) is 22.8. The number of carbonyl (C=O) groups excluding carboxylic acids is 1. The maximum atomic E-state index is 12.5. The number of hydrogen-bond acceptors (Lipinski definition) is 7. The average Bonchev–Trinajstić information content (AvgIpc) is 3.27. The van der Waals surface area contributed by atoms with E-state index >= 15 is 0 Å². The number of rotatable bonds is 9. The molecule has 0 saturated carbocycles. The van der Waals surface area contributed by atoms with Crippen LogP contribution in [0.25, 0.3) is 16.5 Å². The summed E-state index contributed by atoms with van der Waals surface area (Å²) in [6.45, 7) is 5.47. The average molecular weight is 477 g/mol. The molecule has 5 nitrogen and oxygen atoms in total. The van der Waals surface area contributed by atoms with Gasteiger partial charge >= 0.3 is 0 Å². The van der Waals surface area contributed by atoms with Crippen LogP contribution in [0.1, 0.15) is 29.9 Å². The largest absolute Gasteiger partial charge is 0.395 e. The van der Waals surface area contributed by atoms with E-state index in [9.17, 15) is 15.0 Å². The van der Waals surface area contributed by atoms with Crippen molar-refractivity contribution in [1.29, 1.82) is 0 Å². The Morgan fingerprint density at radius 1 is 1.19 bits per heavy atom. The molecule has 3 rings (SSSR count). The minimum atomic E-state index is -0.178. The smallest absolute Gasteiger partial charge is 0.264 e. The number of amides is 1. The van der Waals surface area contributed by atoms with Gasteiger partial charge in [0.25, 0.3) is 5.91 Å². The summed E-state index contributed by atoms with van der Waals surface area (Å²) in [4.78, 5) is 18.9. The topological polar surface area (TPSA) is 64.0 Å². The number of thiophene rings is 1. The third-order valence-electron chi connectivity index (χ3n) is 5.63. The molecule has 1 aliphatic carbocycles. The quantitative estimate of drug-likeness (QED) is 0.422. The molecule has 0 unspecified atom stereocenters. The highest BCUT2D eigenvalue weighted by Gasteiger charge is 2.37. The Bertz CT molecular complexity index is 1010. The number of aliphatic hydroxyl groups excluding tert-OH is 2. The van der Waals surface area contributed by atoms with Crippen molar-refractivity contribution in [3.05, 3.63) is 45.2 Å². The highest BCUT2D eigenvalue weighted by atomic mass is 32.2. The van der Waals surface area contributed by atoms with Crippen LogP contribution in [-0.2, 0) is 10.2 Å². The molecule has 166 valence electrons. The van der Waals surface area contributed by atoms with E-state index in [0.717, 1.165) is 10.6 Å². The van der Waals surface area contributed by atoms with Crippen LogP contribution in [0.3, 0.4) is 0 Å². The second kappa shape index (κ2) is 9.83. The molecule has 0 atom stereocenters. The first-order valence-corrected chi connectivity index (χ1v) is 12.5. The fourth-order valence-corrected chi connectivity index (χ4v) is 5.94. The Balaban J connectivity index is 2.00. The van der Waals surface area contributed by atoms with Crippen molar-refractivity contribution in [2.45, 2.75) is 19.3 Å².